The summed E-state index contributed by atoms with van der Waals surface area (Å²) >= 11 is 1.87. The first-order valence-corrected chi connectivity index (χ1v) is 40.0. The van der Waals surface area contributed by atoms with Crippen LogP contribution < -0.4 is 9.80 Å². The first-order valence-electron chi connectivity index (χ1n) is 39.2. The fourth-order valence-electron chi connectivity index (χ4n) is 18.7. The highest BCUT2D eigenvalue weighted by molar-refractivity contribution is 7.26. The Morgan fingerprint density at radius 1 is 0.211 bits per heavy atom. The van der Waals surface area contributed by atoms with Gasteiger partial charge in [0.15, 0.2) is 5.58 Å². The van der Waals surface area contributed by atoms with Crippen LogP contribution in [0.25, 0.3) is 109 Å². The van der Waals surface area contributed by atoms with Crippen molar-refractivity contribution in [3.63, 3.8) is 0 Å². The third kappa shape index (κ3) is 11.0. The molecule has 0 saturated carbocycles. The van der Waals surface area contributed by atoms with Gasteiger partial charge in [-0.3, -0.25) is 0 Å². The molecule has 536 valence electrons. The normalized spacial score (nSPS) is 12.7. The molecule has 0 N–H and O–H groups in total. The summed E-state index contributed by atoms with van der Waals surface area (Å²) < 4.78 is 9.39. The van der Waals surface area contributed by atoms with Crippen LogP contribution >= 0.6 is 11.3 Å². The summed E-state index contributed by atoms with van der Waals surface area (Å²) in [4.78, 5) is 4.95. The molecule has 0 spiro atoms. The van der Waals surface area contributed by atoms with E-state index in [1.54, 1.807) is 0 Å². The van der Waals surface area contributed by atoms with E-state index in [-0.39, 0.29) is 0 Å². The molecule has 20 aromatic rings. The molecule has 2 aliphatic rings. The van der Waals surface area contributed by atoms with Crippen LogP contribution in [0.5, 0.6) is 0 Å². The van der Waals surface area contributed by atoms with Crippen molar-refractivity contribution in [1.82, 2.24) is 0 Å². The molecule has 0 radical (unpaired) electrons. The fraction of sp³-hybridized carbons (Fsp3) is 0.0182. The summed E-state index contributed by atoms with van der Waals surface area (Å²) in [6.07, 6.45) is 0. The zero-order chi connectivity index (χ0) is 75.5. The van der Waals surface area contributed by atoms with Gasteiger partial charge < -0.3 is 14.2 Å². The van der Waals surface area contributed by atoms with Gasteiger partial charge in [0, 0.05) is 48.7 Å². The van der Waals surface area contributed by atoms with E-state index in [9.17, 15) is 0 Å². The minimum Gasteiger partial charge on any atom is -0.454 e. The molecule has 0 aliphatic heterocycles. The molecule has 0 atom stereocenters. The number of nitrogens with zero attached hydrogens (tertiary/aromatic N) is 2. The highest BCUT2D eigenvalue weighted by atomic mass is 32.1. The van der Waals surface area contributed by atoms with Gasteiger partial charge in [0.25, 0.3) is 0 Å². The van der Waals surface area contributed by atoms with Gasteiger partial charge in [0.2, 0.25) is 0 Å². The number of hydrogen-bond acceptors (Lipinski definition) is 4. The number of para-hydroxylation sites is 4. The summed E-state index contributed by atoms with van der Waals surface area (Å²) in [6, 6.07) is 164. The largest absolute Gasteiger partial charge is 0.454 e. The predicted octanol–water partition coefficient (Wildman–Crippen LogP) is 30.0. The smallest absolute Gasteiger partial charge is 0.159 e. The minimum absolute atomic E-state index is 0.515. The number of furan rings is 1. The summed E-state index contributed by atoms with van der Waals surface area (Å²) in [5.74, 6) is 0. The lowest BCUT2D eigenvalue weighted by Gasteiger charge is -2.35. The van der Waals surface area contributed by atoms with Gasteiger partial charge in [0.1, 0.15) is 5.58 Å². The van der Waals surface area contributed by atoms with Gasteiger partial charge in [-0.1, -0.05) is 388 Å². The topological polar surface area (TPSA) is 19.6 Å². The Bertz CT molecular complexity index is 6490. The van der Waals surface area contributed by atoms with Gasteiger partial charge in [-0.15, -0.1) is 11.3 Å². The molecule has 0 bridgehead atoms. The highest BCUT2D eigenvalue weighted by Gasteiger charge is 2.48. The zero-order valence-electron chi connectivity index (χ0n) is 62.4. The summed E-state index contributed by atoms with van der Waals surface area (Å²) in [5.41, 5.74) is 31.8. The average Bonchev–Trinajstić information content (AvgIpc) is 1.55. The van der Waals surface area contributed by atoms with Crippen molar-refractivity contribution < 1.29 is 4.42 Å². The van der Waals surface area contributed by atoms with Crippen LogP contribution in [0.15, 0.2) is 453 Å². The maximum absolute atomic E-state index is 6.83. The molecular formula is C110H74N2OS. The second-order valence-corrected chi connectivity index (χ2v) is 30.6. The second kappa shape index (κ2) is 28.5. The molecule has 0 amide bonds. The van der Waals surface area contributed by atoms with E-state index >= 15 is 0 Å². The highest BCUT2D eigenvalue weighted by Crippen LogP contribution is 2.61. The molecule has 0 unspecified atom stereocenters. The van der Waals surface area contributed by atoms with Crippen LogP contribution in [0, 0.1) is 0 Å². The summed E-state index contributed by atoms with van der Waals surface area (Å²) in [5, 5.41) is 4.76. The number of benzene rings is 18. The first-order chi connectivity index (χ1) is 56.6. The Morgan fingerprint density at radius 3 is 1.03 bits per heavy atom. The number of anilines is 6. The number of thiophene rings is 1. The summed E-state index contributed by atoms with van der Waals surface area (Å²) in [7, 11) is 0. The lowest BCUT2D eigenvalue weighted by Crippen LogP contribution is -2.28. The maximum Gasteiger partial charge on any atom is 0.159 e. The van der Waals surface area contributed by atoms with E-state index in [1.165, 1.54) is 126 Å². The van der Waals surface area contributed by atoms with Crippen LogP contribution in [0.3, 0.4) is 0 Å². The maximum atomic E-state index is 6.83. The van der Waals surface area contributed by atoms with Crippen molar-refractivity contribution in [2.75, 3.05) is 9.80 Å². The third-order valence-corrected chi connectivity index (χ3v) is 24.8. The van der Waals surface area contributed by atoms with Gasteiger partial charge >= 0.3 is 0 Å². The molecule has 4 heteroatoms. The van der Waals surface area contributed by atoms with Crippen molar-refractivity contribution in [3.05, 3.63) is 493 Å². The molecule has 0 saturated heterocycles. The SMILES string of the molecule is c1ccc(-c2ccccc2-c2ccccc2N(c2ccc3c(c2)C(c2ccccc2)(c2ccccc2)c2ccccc2-3)c2cccc3c2oc2ccccc23)cc1.c1ccc(-c2ccccc2-c2ccccc2N(c2ccc3c(c2)C(c2ccccc2)(c2ccccc2)c2ccccc2-3)c2cccc3c2sc2ccccc23)cc1. The minimum atomic E-state index is -0.541. The molecule has 3 nitrogen and oxygen atoms in total. The predicted molar refractivity (Wildman–Crippen MR) is 479 cm³/mol. The molecule has 18 aromatic carbocycles. The van der Waals surface area contributed by atoms with Gasteiger partial charge in [-0.05, 0) is 161 Å². The Hall–Kier alpha value is -14.4. The van der Waals surface area contributed by atoms with Crippen molar-refractivity contribution in [3.8, 4) is 66.8 Å². The Kier molecular flexibility index (Phi) is 16.9. The van der Waals surface area contributed by atoms with Gasteiger partial charge in [-0.25, -0.2) is 0 Å². The zero-order valence-corrected chi connectivity index (χ0v) is 63.3. The third-order valence-electron chi connectivity index (χ3n) is 23.5. The van der Waals surface area contributed by atoms with Gasteiger partial charge in [0.05, 0.1) is 38.3 Å². The van der Waals surface area contributed by atoms with E-state index in [2.05, 4.69) is 453 Å². The molecular weight excluding hydrogens is 1400 g/mol. The summed E-state index contributed by atoms with van der Waals surface area (Å²) in [6.45, 7) is 0. The van der Waals surface area contributed by atoms with Crippen LogP contribution in [-0.2, 0) is 10.8 Å². The van der Waals surface area contributed by atoms with Crippen LogP contribution in [0.1, 0.15) is 44.5 Å². The van der Waals surface area contributed by atoms with E-state index in [4.69, 9.17) is 4.42 Å². The lowest BCUT2D eigenvalue weighted by atomic mass is 9.67. The van der Waals surface area contributed by atoms with Crippen molar-refractivity contribution in [1.29, 1.82) is 0 Å². The fourth-order valence-corrected chi connectivity index (χ4v) is 19.9. The quantitative estimate of drug-likeness (QED) is 0.108. The van der Waals surface area contributed by atoms with Crippen molar-refractivity contribution in [2.24, 2.45) is 0 Å². The van der Waals surface area contributed by atoms with E-state index < -0.39 is 10.8 Å². The van der Waals surface area contributed by atoms with Crippen molar-refractivity contribution >= 4 is 87.6 Å². The number of rotatable bonds is 14. The molecule has 0 fully saturated rings. The number of hydrogen-bond donors (Lipinski definition) is 0. The van der Waals surface area contributed by atoms with Crippen LogP contribution in [0.4, 0.5) is 34.1 Å². The van der Waals surface area contributed by atoms with Crippen LogP contribution in [-0.4, -0.2) is 0 Å². The average molecular weight is 1470 g/mol. The van der Waals surface area contributed by atoms with Crippen molar-refractivity contribution in [2.45, 2.75) is 10.8 Å². The first kappa shape index (κ1) is 67.7. The lowest BCUT2D eigenvalue weighted by molar-refractivity contribution is 0.669. The van der Waals surface area contributed by atoms with E-state index in [1.807, 2.05) is 17.4 Å². The van der Waals surface area contributed by atoms with Gasteiger partial charge in [-0.2, -0.15) is 0 Å². The molecule has 2 heterocycles. The Labute approximate surface area is 668 Å². The van der Waals surface area contributed by atoms with E-state index in [0.717, 1.165) is 61.5 Å². The number of fused-ring (bicyclic) bond motifs is 12. The molecule has 114 heavy (non-hydrogen) atoms. The standard InChI is InChI=1S/C55H37NO.C55H37NS/c2*1-4-19-38(20-5-1)42-25-10-11-26-43(42)46-28-13-16-32-51(46)56(52-33-18-30-48-47-29-14-17-34-53(47)57-54(48)52)41-35-36-45-44-27-12-15-31-49(44)55(50(45)37-41,39-21-6-2-7-22-39)40-23-8-3-9-24-40/h2*1-37H. The molecule has 22 rings (SSSR count). The van der Waals surface area contributed by atoms with Crippen LogP contribution in [0.2, 0.25) is 0 Å². The molecule has 2 aliphatic carbocycles. The monoisotopic (exact) mass is 1470 g/mol. The van der Waals surface area contributed by atoms with E-state index in [0.29, 0.717) is 0 Å². The Balaban J connectivity index is 0.000000143. The Morgan fingerprint density at radius 2 is 0.544 bits per heavy atom. The second-order valence-electron chi connectivity index (χ2n) is 29.5. The molecule has 2 aromatic heterocycles.